The van der Waals surface area contributed by atoms with Crippen molar-refractivity contribution in [1.29, 1.82) is 0 Å². The van der Waals surface area contributed by atoms with Gasteiger partial charge in [0.25, 0.3) is 0 Å². The molecule has 0 aromatic rings. The summed E-state index contributed by atoms with van der Waals surface area (Å²) in [5.41, 5.74) is 0.141. The Hall–Kier alpha value is -1.36. The van der Waals surface area contributed by atoms with Gasteiger partial charge in [-0.3, -0.25) is 9.59 Å². The molecule has 6 aliphatic rings. The number of carbonyl (C=O) groups is 2. The van der Waals surface area contributed by atoms with E-state index in [4.69, 9.17) is 14.2 Å². The predicted octanol–water partition coefficient (Wildman–Crippen LogP) is 2.24. The first-order chi connectivity index (χ1) is 11.9. The van der Waals surface area contributed by atoms with E-state index in [1.165, 1.54) is 12.7 Å². The third-order valence-electron chi connectivity index (χ3n) is 8.79. The molecule has 5 nitrogen and oxygen atoms in total. The molecular weight excluding hydrogens is 320 g/mol. The smallest absolute Gasteiger partial charge is 0.312 e. The molecule has 0 N–H and O–H groups in total. The van der Waals surface area contributed by atoms with Crippen LogP contribution in [0.15, 0.2) is 12.2 Å². The fourth-order valence-electron chi connectivity index (χ4n) is 8.09. The maximum absolute atomic E-state index is 13.0. The lowest BCUT2D eigenvalue weighted by Gasteiger charge is -2.40. The van der Waals surface area contributed by atoms with Crippen molar-refractivity contribution < 1.29 is 23.8 Å². The van der Waals surface area contributed by atoms with Crippen molar-refractivity contribution in [3.8, 4) is 0 Å². The van der Waals surface area contributed by atoms with Gasteiger partial charge in [-0.15, -0.1) is 0 Å². The average Bonchev–Trinajstić information content (AvgIpc) is 3.10. The molecule has 2 aliphatic heterocycles. The minimum atomic E-state index is -0.637. The second-order valence-electron chi connectivity index (χ2n) is 9.54. The molecule has 6 fully saturated rings. The van der Waals surface area contributed by atoms with E-state index in [0.29, 0.717) is 18.3 Å². The van der Waals surface area contributed by atoms with Crippen LogP contribution in [0.25, 0.3) is 0 Å². The highest BCUT2D eigenvalue weighted by molar-refractivity contribution is 5.84. The Kier molecular flexibility index (Phi) is 2.35. The van der Waals surface area contributed by atoms with Crippen LogP contribution in [0.3, 0.4) is 0 Å². The third-order valence-corrected chi connectivity index (χ3v) is 8.79. The molecule has 4 bridgehead atoms. The Bertz CT molecular complexity index is 744. The summed E-state index contributed by atoms with van der Waals surface area (Å²) in [4.78, 5) is 25.8. The van der Waals surface area contributed by atoms with Crippen molar-refractivity contribution in [3.63, 3.8) is 0 Å². The number of allylic oxidation sites excluding steroid dienone is 1. The number of ether oxygens (including phenoxy) is 3. The van der Waals surface area contributed by atoms with Crippen molar-refractivity contribution in [2.45, 2.75) is 56.8 Å². The number of hydrogen-bond acceptors (Lipinski definition) is 5. The van der Waals surface area contributed by atoms with Crippen LogP contribution in [0.2, 0.25) is 0 Å². The van der Waals surface area contributed by atoms with Gasteiger partial charge < -0.3 is 14.2 Å². The Morgan fingerprint density at radius 1 is 1.32 bits per heavy atom. The predicted molar refractivity (Wildman–Crippen MR) is 86.2 cm³/mol. The van der Waals surface area contributed by atoms with Crippen LogP contribution < -0.4 is 0 Å². The van der Waals surface area contributed by atoms with Gasteiger partial charge in [0.1, 0.15) is 17.8 Å². The highest BCUT2D eigenvalue weighted by atomic mass is 16.7. The molecule has 0 radical (unpaired) electrons. The lowest BCUT2D eigenvalue weighted by molar-refractivity contribution is -0.159. The summed E-state index contributed by atoms with van der Waals surface area (Å²) in [6.45, 7) is 6.31. The van der Waals surface area contributed by atoms with E-state index < -0.39 is 5.41 Å². The van der Waals surface area contributed by atoms with Crippen LogP contribution >= 0.6 is 0 Å². The highest BCUT2D eigenvalue weighted by Gasteiger charge is 2.89. The lowest BCUT2D eigenvalue weighted by atomic mass is 9.60. The molecule has 134 valence electrons. The SMILES string of the molecule is C=C1C[C@]23C[C@H]1CCC2[C@@]12O[C@@H]1[C@@H]1CC(C)(C(=O)O1)C2C3C(=O)OC. The first kappa shape index (κ1) is 14.8. The lowest BCUT2D eigenvalue weighted by Crippen LogP contribution is -2.49. The van der Waals surface area contributed by atoms with Crippen molar-refractivity contribution in [2.75, 3.05) is 7.11 Å². The largest absolute Gasteiger partial charge is 0.469 e. The Morgan fingerprint density at radius 3 is 2.88 bits per heavy atom. The van der Waals surface area contributed by atoms with E-state index in [2.05, 4.69) is 6.58 Å². The zero-order valence-electron chi connectivity index (χ0n) is 14.7. The number of rotatable bonds is 1. The third kappa shape index (κ3) is 1.32. The first-order valence-corrected chi connectivity index (χ1v) is 9.53. The van der Waals surface area contributed by atoms with Crippen molar-refractivity contribution in [3.05, 3.63) is 12.2 Å². The first-order valence-electron chi connectivity index (χ1n) is 9.53. The average molecular weight is 344 g/mol. The molecule has 0 aromatic heterocycles. The maximum Gasteiger partial charge on any atom is 0.312 e. The number of fused-ring (bicyclic) bond motifs is 5. The summed E-state index contributed by atoms with van der Waals surface area (Å²) in [7, 11) is 1.47. The zero-order chi connectivity index (χ0) is 17.4. The minimum Gasteiger partial charge on any atom is -0.469 e. The van der Waals surface area contributed by atoms with Gasteiger partial charge in [-0.2, -0.15) is 0 Å². The van der Waals surface area contributed by atoms with E-state index in [1.807, 2.05) is 6.92 Å². The molecule has 25 heavy (non-hydrogen) atoms. The van der Waals surface area contributed by atoms with Gasteiger partial charge in [-0.05, 0) is 49.9 Å². The number of epoxide rings is 1. The number of methoxy groups -OCH3 is 1. The number of hydrogen-bond donors (Lipinski definition) is 0. The number of carbonyl (C=O) groups excluding carboxylic acids is 2. The van der Waals surface area contributed by atoms with Crippen molar-refractivity contribution >= 4 is 11.9 Å². The Labute approximate surface area is 147 Å². The maximum atomic E-state index is 13.0. The zero-order valence-corrected chi connectivity index (χ0v) is 14.7. The molecule has 4 unspecified atom stereocenters. The second-order valence-corrected chi connectivity index (χ2v) is 9.54. The quantitative estimate of drug-likeness (QED) is 0.415. The summed E-state index contributed by atoms with van der Waals surface area (Å²) in [6, 6.07) is 0. The van der Waals surface area contributed by atoms with Gasteiger partial charge in [0, 0.05) is 12.3 Å². The van der Waals surface area contributed by atoms with Crippen LogP contribution in [0.5, 0.6) is 0 Å². The summed E-state index contributed by atoms with van der Waals surface area (Å²) in [5.74, 6) is 0.0932. The van der Waals surface area contributed by atoms with E-state index in [-0.39, 0.29) is 47.0 Å². The van der Waals surface area contributed by atoms with Crippen LogP contribution in [0.4, 0.5) is 0 Å². The summed E-state index contributed by atoms with van der Waals surface area (Å²) in [5, 5.41) is 0. The summed E-state index contributed by atoms with van der Waals surface area (Å²) in [6.07, 6.45) is 4.57. The normalized spacial score (nSPS) is 59.8. The van der Waals surface area contributed by atoms with E-state index >= 15 is 0 Å². The van der Waals surface area contributed by atoms with Gasteiger partial charge in [-0.1, -0.05) is 12.2 Å². The summed E-state index contributed by atoms with van der Waals surface area (Å²) >= 11 is 0. The molecule has 2 saturated heterocycles. The van der Waals surface area contributed by atoms with Gasteiger partial charge >= 0.3 is 11.9 Å². The van der Waals surface area contributed by atoms with Gasteiger partial charge in [0.2, 0.25) is 0 Å². The Balaban J connectivity index is 1.59. The molecule has 0 amide bonds. The minimum absolute atomic E-state index is 0.0287. The number of esters is 2. The monoisotopic (exact) mass is 344 g/mol. The molecule has 2 spiro atoms. The van der Waals surface area contributed by atoms with Crippen molar-refractivity contribution in [2.24, 2.45) is 34.5 Å². The van der Waals surface area contributed by atoms with Gasteiger partial charge in [0.15, 0.2) is 0 Å². The molecule has 4 saturated carbocycles. The molecule has 9 atom stereocenters. The van der Waals surface area contributed by atoms with Crippen LogP contribution in [0.1, 0.15) is 39.0 Å². The fourth-order valence-corrected chi connectivity index (χ4v) is 8.09. The topological polar surface area (TPSA) is 65.1 Å². The fraction of sp³-hybridized carbons (Fsp3) is 0.800. The summed E-state index contributed by atoms with van der Waals surface area (Å²) < 4.78 is 17.4. The van der Waals surface area contributed by atoms with Crippen LogP contribution in [0, 0.1) is 34.5 Å². The highest BCUT2D eigenvalue weighted by Crippen LogP contribution is 2.81. The Morgan fingerprint density at radius 2 is 2.12 bits per heavy atom. The van der Waals surface area contributed by atoms with Gasteiger partial charge in [0.05, 0.1) is 18.4 Å². The second kappa shape index (κ2) is 3.98. The molecule has 0 aromatic carbocycles. The van der Waals surface area contributed by atoms with E-state index in [9.17, 15) is 9.59 Å². The van der Waals surface area contributed by atoms with Crippen molar-refractivity contribution in [1.82, 2.24) is 0 Å². The van der Waals surface area contributed by atoms with E-state index in [1.54, 1.807) is 0 Å². The standard InChI is InChI=1S/C20H24O5/c1-9-6-19-7-10(9)4-5-12(19)20-14(13(19)16(21)23-3)18(2)8-11(15(20)25-20)24-17(18)22/h10-15H,1,4-8H2,2-3H3/t10-,11+,12?,13?,14?,15-,18?,19+,20+/m1/s1. The molecular formula is C20H24O5. The molecule has 6 rings (SSSR count). The molecule has 4 aliphatic carbocycles. The van der Waals surface area contributed by atoms with Crippen LogP contribution in [-0.2, 0) is 23.8 Å². The van der Waals surface area contributed by atoms with Gasteiger partial charge in [-0.25, -0.2) is 0 Å². The molecule has 5 heteroatoms. The van der Waals surface area contributed by atoms with Crippen LogP contribution in [-0.4, -0.2) is 36.9 Å². The molecule has 2 heterocycles. The van der Waals surface area contributed by atoms with E-state index in [0.717, 1.165) is 25.7 Å².